The Morgan fingerprint density at radius 3 is 1.19 bits per heavy atom. The maximum atomic E-state index is 2.40. The monoisotopic (exact) mass is 697 g/mol. The molecule has 1 aliphatic heterocycles. The molecule has 1 aliphatic rings. The van der Waals surface area contributed by atoms with Crippen LogP contribution in [0.15, 0.2) is 216 Å². The molecule has 0 N–H and O–H groups in total. The first kappa shape index (κ1) is 33.8. The van der Waals surface area contributed by atoms with Crippen LogP contribution < -0.4 is 4.90 Å². The molecule has 0 saturated carbocycles. The van der Waals surface area contributed by atoms with Crippen molar-refractivity contribution in [2.75, 3.05) is 4.90 Å². The summed E-state index contributed by atoms with van der Waals surface area (Å²) in [5.74, 6) is 0. The number of rotatable bonds is 9. The summed E-state index contributed by atoms with van der Waals surface area (Å²) in [4.78, 5) is 4.85. The minimum atomic E-state index is 1.15. The second-order valence-electron chi connectivity index (χ2n) is 13.1. The summed E-state index contributed by atoms with van der Waals surface area (Å²) in [5.41, 5.74) is 14.3. The summed E-state index contributed by atoms with van der Waals surface area (Å²) >= 11 is 1.84. The molecule has 0 radical (unpaired) electrons. The molecule has 0 bridgehead atoms. The van der Waals surface area contributed by atoms with E-state index in [0.717, 1.165) is 16.8 Å². The second-order valence-corrected chi connectivity index (χ2v) is 14.2. The predicted octanol–water partition coefficient (Wildman–Crippen LogP) is 14.2. The van der Waals surface area contributed by atoms with Crippen LogP contribution in [-0.4, -0.2) is 0 Å². The number of allylic oxidation sites excluding steroid dienone is 4. The average Bonchev–Trinajstić information content (AvgIpc) is 3.22. The summed E-state index contributed by atoms with van der Waals surface area (Å²) in [7, 11) is 0. The quantitative estimate of drug-likeness (QED) is 0.138. The van der Waals surface area contributed by atoms with Gasteiger partial charge in [-0.25, -0.2) is 0 Å². The Kier molecular flexibility index (Phi) is 10.1. The van der Waals surface area contributed by atoms with Crippen molar-refractivity contribution in [3.63, 3.8) is 0 Å². The van der Waals surface area contributed by atoms with Gasteiger partial charge in [0, 0.05) is 15.5 Å². The molecule has 0 aliphatic carbocycles. The molecule has 7 aromatic carbocycles. The van der Waals surface area contributed by atoms with E-state index in [1.165, 1.54) is 60.1 Å². The molecule has 1 nitrogen and oxygen atoms in total. The van der Waals surface area contributed by atoms with E-state index in [-0.39, 0.29) is 0 Å². The van der Waals surface area contributed by atoms with Crippen molar-refractivity contribution in [3.05, 3.63) is 245 Å². The fourth-order valence-corrected chi connectivity index (χ4v) is 7.88. The highest BCUT2D eigenvalue weighted by molar-refractivity contribution is 7.99. The van der Waals surface area contributed by atoms with Gasteiger partial charge in [0.1, 0.15) is 0 Å². The standard InChI is InChI=1S/C51H39NS/c1-38-28-32-45(33-29-38)52-48-34-30-39(16-14-26-46(41-18-6-2-7-19-41)42-20-8-3-9-21-42)36-50(48)53-51-37-40(31-35-49(51)52)17-15-27-47(43-22-10-4-11-23-43)44-24-12-5-13-25-44/h2-37H,1H3. The number of hydrogen-bond acceptors (Lipinski definition) is 2. The van der Waals surface area contributed by atoms with Crippen molar-refractivity contribution in [1.82, 2.24) is 0 Å². The van der Waals surface area contributed by atoms with Crippen LogP contribution >= 0.6 is 11.8 Å². The van der Waals surface area contributed by atoms with E-state index in [1.54, 1.807) is 0 Å². The molecule has 0 spiro atoms. The van der Waals surface area contributed by atoms with Crippen LogP contribution in [0.2, 0.25) is 0 Å². The van der Waals surface area contributed by atoms with E-state index in [9.17, 15) is 0 Å². The van der Waals surface area contributed by atoms with Gasteiger partial charge in [0.2, 0.25) is 0 Å². The highest BCUT2D eigenvalue weighted by atomic mass is 32.2. The van der Waals surface area contributed by atoms with Crippen LogP contribution in [0.4, 0.5) is 17.1 Å². The fraction of sp³-hybridized carbons (Fsp3) is 0.0196. The number of aryl methyl sites for hydroxylation is 1. The lowest BCUT2D eigenvalue weighted by atomic mass is 9.97. The van der Waals surface area contributed by atoms with E-state index >= 15 is 0 Å². The molecule has 0 amide bonds. The van der Waals surface area contributed by atoms with E-state index < -0.39 is 0 Å². The van der Waals surface area contributed by atoms with Crippen LogP contribution in [0.1, 0.15) is 38.9 Å². The van der Waals surface area contributed by atoms with Gasteiger partial charge in [-0.15, -0.1) is 0 Å². The summed E-state index contributed by atoms with van der Waals surface area (Å²) in [6.07, 6.45) is 13.2. The fourth-order valence-electron chi connectivity index (χ4n) is 6.72. The molecule has 0 fully saturated rings. The molecule has 0 atom stereocenters. The summed E-state index contributed by atoms with van der Waals surface area (Å²) in [6, 6.07) is 64.8. The molecule has 53 heavy (non-hydrogen) atoms. The molecule has 0 aromatic heterocycles. The Morgan fingerprint density at radius 1 is 0.434 bits per heavy atom. The molecule has 7 aromatic rings. The normalized spacial score (nSPS) is 12.0. The van der Waals surface area contributed by atoms with Crippen molar-refractivity contribution >= 4 is 52.1 Å². The number of nitrogens with zero attached hydrogens (tertiary/aromatic N) is 1. The smallest absolute Gasteiger partial charge is 0.0602 e. The zero-order chi connectivity index (χ0) is 35.8. The van der Waals surface area contributed by atoms with Crippen molar-refractivity contribution in [3.8, 4) is 0 Å². The van der Waals surface area contributed by atoms with Crippen LogP contribution in [0.25, 0.3) is 23.3 Å². The van der Waals surface area contributed by atoms with Gasteiger partial charge in [-0.1, -0.05) is 199 Å². The SMILES string of the molecule is Cc1ccc(N2c3ccc(C=CC=C(c4ccccc4)c4ccccc4)cc3Sc3cc(C=CC=C(c4ccccc4)c4ccccc4)ccc32)cc1. The topological polar surface area (TPSA) is 3.24 Å². The third-order valence-corrected chi connectivity index (χ3v) is 10.5. The summed E-state index contributed by atoms with van der Waals surface area (Å²) in [5, 5.41) is 0. The van der Waals surface area contributed by atoms with Gasteiger partial charge < -0.3 is 4.90 Å². The summed E-state index contributed by atoms with van der Waals surface area (Å²) in [6.45, 7) is 2.14. The Balaban J connectivity index is 1.13. The Hall–Kier alpha value is -6.35. The highest BCUT2D eigenvalue weighted by Gasteiger charge is 2.25. The number of hydrogen-bond donors (Lipinski definition) is 0. The van der Waals surface area contributed by atoms with Gasteiger partial charge in [0.25, 0.3) is 0 Å². The number of fused-ring (bicyclic) bond motifs is 2. The van der Waals surface area contributed by atoms with Crippen LogP contribution in [-0.2, 0) is 0 Å². The Morgan fingerprint density at radius 2 is 0.811 bits per heavy atom. The Bertz CT molecular complexity index is 2210. The van der Waals surface area contributed by atoms with E-state index in [4.69, 9.17) is 0 Å². The average molecular weight is 698 g/mol. The zero-order valence-corrected chi connectivity index (χ0v) is 30.5. The predicted molar refractivity (Wildman–Crippen MR) is 228 cm³/mol. The summed E-state index contributed by atoms with van der Waals surface area (Å²) < 4.78 is 0. The molecule has 2 heteroatoms. The molecule has 254 valence electrons. The third kappa shape index (κ3) is 7.79. The molecule has 0 unspecified atom stereocenters. The van der Waals surface area contributed by atoms with Crippen molar-refractivity contribution in [1.29, 1.82) is 0 Å². The minimum Gasteiger partial charge on any atom is -0.308 e. The minimum absolute atomic E-state index is 1.15. The first-order valence-electron chi connectivity index (χ1n) is 18.0. The first-order valence-corrected chi connectivity index (χ1v) is 18.8. The molecule has 0 saturated heterocycles. The van der Waals surface area contributed by atoms with Crippen LogP contribution in [0.5, 0.6) is 0 Å². The van der Waals surface area contributed by atoms with Crippen molar-refractivity contribution < 1.29 is 0 Å². The van der Waals surface area contributed by atoms with Crippen molar-refractivity contribution in [2.45, 2.75) is 16.7 Å². The van der Waals surface area contributed by atoms with Crippen LogP contribution in [0, 0.1) is 6.92 Å². The van der Waals surface area contributed by atoms with Gasteiger partial charge >= 0.3 is 0 Å². The van der Waals surface area contributed by atoms with Gasteiger partial charge in [0.05, 0.1) is 11.4 Å². The van der Waals surface area contributed by atoms with Gasteiger partial charge in [-0.3, -0.25) is 0 Å². The second kappa shape index (κ2) is 15.9. The lowest BCUT2D eigenvalue weighted by molar-refractivity contribution is 1.16. The Labute approximate surface area is 317 Å². The first-order chi connectivity index (χ1) is 26.2. The largest absolute Gasteiger partial charge is 0.308 e. The third-order valence-electron chi connectivity index (χ3n) is 9.40. The molecular weight excluding hydrogens is 659 g/mol. The van der Waals surface area contributed by atoms with Crippen molar-refractivity contribution in [2.24, 2.45) is 0 Å². The van der Waals surface area contributed by atoms with E-state index in [1.807, 2.05) is 11.8 Å². The van der Waals surface area contributed by atoms with Gasteiger partial charge in [0.15, 0.2) is 0 Å². The highest BCUT2D eigenvalue weighted by Crippen LogP contribution is 2.52. The van der Waals surface area contributed by atoms with E-state index in [2.05, 4.69) is 230 Å². The van der Waals surface area contributed by atoms with Crippen LogP contribution in [0.3, 0.4) is 0 Å². The van der Waals surface area contributed by atoms with Gasteiger partial charge in [-0.2, -0.15) is 0 Å². The lowest BCUT2D eigenvalue weighted by Crippen LogP contribution is -2.15. The maximum Gasteiger partial charge on any atom is 0.0602 e. The number of anilines is 3. The maximum absolute atomic E-state index is 2.40. The van der Waals surface area contributed by atoms with Gasteiger partial charge in [-0.05, 0) is 87.8 Å². The number of benzene rings is 7. The lowest BCUT2D eigenvalue weighted by Gasteiger charge is -2.33. The molecule has 8 rings (SSSR count). The molecule has 1 heterocycles. The van der Waals surface area contributed by atoms with E-state index in [0.29, 0.717) is 0 Å². The molecular formula is C51H39NS. The zero-order valence-electron chi connectivity index (χ0n) is 29.6.